The number of para-hydroxylation sites is 1. The summed E-state index contributed by atoms with van der Waals surface area (Å²) in [6.07, 6.45) is 0. The van der Waals surface area contributed by atoms with Crippen LogP contribution < -0.4 is 15.8 Å². The van der Waals surface area contributed by atoms with E-state index in [1.54, 1.807) is 62.4 Å². The number of amides is 1. The fourth-order valence-corrected chi connectivity index (χ4v) is 3.55. The minimum atomic E-state index is -0.802. The number of hydrogen-bond acceptors (Lipinski definition) is 7. The molecule has 0 aliphatic carbocycles. The number of carbonyl (C=O) groups is 2. The molecule has 170 valence electrons. The Hall–Kier alpha value is -3.96. The molecule has 0 fully saturated rings. The first kappa shape index (κ1) is 23.7. The van der Waals surface area contributed by atoms with E-state index in [9.17, 15) is 14.9 Å². The van der Waals surface area contributed by atoms with E-state index >= 15 is 0 Å². The van der Waals surface area contributed by atoms with E-state index in [-0.39, 0.29) is 36.0 Å². The van der Waals surface area contributed by atoms with E-state index in [0.717, 1.165) is 0 Å². The van der Waals surface area contributed by atoms with Crippen LogP contribution in [0.15, 0.2) is 71.3 Å². The van der Waals surface area contributed by atoms with Gasteiger partial charge in [-0.05, 0) is 43.7 Å². The van der Waals surface area contributed by atoms with Gasteiger partial charge < -0.3 is 25.3 Å². The van der Waals surface area contributed by atoms with Crippen molar-refractivity contribution in [2.45, 2.75) is 19.8 Å². The standard InChI is InChI=1S/C24H22ClN3O5/c1-3-31-24(30)21-14(2)33-23(27)17(12-26)22(21)15-7-6-8-16(11-15)32-13-20(29)28-19-10-5-4-9-18(19)25/h4-11,22H,3,13,27H2,1-2H3,(H,28,29). The van der Waals surface area contributed by atoms with Crippen molar-refractivity contribution in [1.82, 2.24) is 0 Å². The monoisotopic (exact) mass is 467 g/mol. The normalized spacial score (nSPS) is 15.4. The lowest BCUT2D eigenvalue weighted by Gasteiger charge is -2.27. The molecule has 0 spiro atoms. The van der Waals surface area contributed by atoms with Crippen molar-refractivity contribution in [3.05, 3.63) is 81.9 Å². The summed E-state index contributed by atoms with van der Waals surface area (Å²) in [4.78, 5) is 24.9. The maximum atomic E-state index is 12.6. The average Bonchev–Trinajstić information content (AvgIpc) is 2.79. The Morgan fingerprint density at radius 2 is 2.00 bits per heavy atom. The predicted octanol–water partition coefficient (Wildman–Crippen LogP) is 4.00. The van der Waals surface area contributed by atoms with E-state index in [4.69, 9.17) is 31.5 Å². The molecule has 0 bridgehead atoms. The molecule has 2 aromatic carbocycles. The Bertz CT molecular complexity index is 1180. The predicted molar refractivity (Wildman–Crippen MR) is 122 cm³/mol. The van der Waals surface area contributed by atoms with Gasteiger partial charge in [0.25, 0.3) is 5.91 Å². The van der Waals surface area contributed by atoms with Crippen LogP contribution in [0.25, 0.3) is 0 Å². The maximum Gasteiger partial charge on any atom is 0.338 e. The lowest BCUT2D eigenvalue weighted by Crippen LogP contribution is -2.25. The molecule has 3 rings (SSSR count). The quantitative estimate of drug-likeness (QED) is 0.589. The summed E-state index contributed by atoms with van der Waals surface area (Å²) in [6, 6.07) is 15.6. The number of rotatable bonds is 7. The van der Waals surface area contributed by atoms with Crippen LogP contribution in [0.4, 0.5) is 5.69 Å². The molecule has 1 amide bonds. The molecule has 1 heterocycles. The average molecular weight is 468 g/mol. The number of anilines is 1. The largest absolute Gasteiger partial charge is 0.484 e. The number of esters is 1. The van der Waals surface area contributed by atoms with Crippen LogP contribution in [0.1, 0.15) is 25.3 Å². The fraction of sp³-hybridized carbons (Fsp3) is 0.208. The van der Waals surface area contributed by atoms with Gasteiger partial charge in [0, 0.05) is 0 Å². The van der Waals surface area contributed by atoms with Crippen LogP contribution in [0.5, 0.6) is 5.75 Å². The highest BCUT2D eigenvalue weighted by Crippen LogP contribution is 2.40. The second-order valence-corrected chi connectivity index (χ2v) is 7.41. The van der Waals surface area contributed by atoms with Gasteiger partial charge in [0.2, 0.25) is 5.88 Å². The Morgan fingerprint density at radius 1 is 1.24 bits per heavy atom. The Morgan fingerprint density at radius 3 is 2.70 bits per heavy atom. The number of halogens is 1. The van der Waals surface area contributed by atoms with Crippen molar-refractivity contribution in [3.63, 3.8) is 0 Å². The highest BCUT2D eigenvalue weighted by molar-refractivity contribution is 6.33. The second-order valence-electron chi connectivity index (χ2n) is 7.00. The van der Waals surface area contributed by atoms with Gasteiger partial charge in [-0.3, -0.25) is 4.79 Å². The molecule has 0 radical (unpaired) electrons. The number of benzene rings is 2. The first-order chi connectivity index (χ1) is 15.8. The van der Waals surface area contributed by atoms with E-state index in [0.29, 0.717) is 22.0 Å². The molecular weight excluding hydrogens is 446 g/mol. The number of nitrogens with one attached hydrogen (secondary N) is 1. The smallest absolute Gasteiger partial charge is 0.338 e. The third-order valence-corrected chi connectivity index (χ3v) is 5.14. The van der Waals surface area contributed by atoms with Crippen molar-refractivity contribution in [2.75, 3.05) is 18.5 Å². The number of hydrogen-bond donors (Lipinski definition) is 2. The molecule has 3 N–H and O–H groups in total. The zero-order valence-electron chi connectivity index (χ0n) is 18.1. The van der Waals surface area contributed by atoms with Crippen LogP contribution in [-0.4, -0.2) is 25.1 Å². The van der Waals surface area contributed by atoms with Gasteiger partial charge in [0.1, 0.15) is 23.2 Å². The summed E-state index contributed by atoms with van der Waals surface area (Å²) in [5.41, 5.74) is 7.21. The summed E-state index contributed by atoms with van der Waals surface area (Å²) >= 11 is 6.06. The molecule has 1 aliphatic heterocycles. The van der Waals surface area contributed by atoms with Gasteiger partial charge in [-0.25, -0.2) is 4.79 Å². The van der Waals surface area contributed by atoms with Gasteiger partial charge in [0.05, 0.1) is 28.8 Å². The molecule has 1 atom stereocenters. The third kappa shape index (κ3) is 5.45. The van der Waals surface area contributed by atoms with Crippen LogP contribution in [0.2, 0.25) is 5.02 Å². The number of nitriles is 1. The lowest BCUT2D eigenvalue weighted by molar-refractivity contribution is -0.139. The minimum absolute atomic E-state index is 0.0808. The fourth-order valence-electron chi connectivity index (χ4n) is 3.37. The summed E-state index contributed by atoms with van der Waals surface area (Å²) in [5, 5.41) is 12.8. The summed E-state index contributed by atoms with van der Waals surface area (Å²) < 4.78 is 16.2. The Kier molecular flexibility index (Phi) is 7.59. The summed E-state index contributed by atoms with van der Waals surface area (Å²) in [7, 11) is 0. The zero-order chi connectivity index (χ0) is 24.0. The zero-order valence-corrected chi connectivity index (χ0v) is 18.8. The topological polar surface area (TPSA) is 124 Å². The van der Waals surface area contributed by atoms with Crippen molar-refractivity contribution >= 4 is 29.2 Å². The Balaban J connectivity index is 1.83. The molecule has 2 aromatic rings. The van der Waals surface area contributed by atoms with Gasteiger partial charge in [-0.15, -0.1) is 0 Å². The molecular formula is C24H22ClN3O5. The van der Waals surface area contributed by atoms with Crippen molar-refractivity contribution < 1.29 is 23.8 Å². The molecule has 0 saturated carbocycles. The molecule has 0 saturated heterocycles. The molecule has 1 aliphatic rings. The first-order valence-corrected chi connectivity index (χ1v) is 10.5. The SMILES string of the molecule is CCOC(=O)C1=C(C)OC(N)=C(C#N)C1c1cccc(OCC(=O)Nc2ccccc2Cl)c1. The molecule has 33 heavy (non-hydrogen) atoms. The van der Waals surface area contributed by atoms with Gasteiger partial charge in [-0.2, -0.15) is 5.26 Å². The second kappa shape index (κ2) is 10.6. The number of nitrogens with zero attached hydrogens (tertiary/aromatic N) is 1. The van der Waals surface area contributed by atoms with Crippen molar-refractivity contribution in [3.8, 4) is 11.8 Å². The lowest BCUT2D eigenvalue weighted by atomic mass is 9.83. The Labute approximate surface area is 196 Å². The third-order valence-electron chi connectivity index (χ3n) is 4.81. The highest BCUT2D eigenvalue weighted by Gasteiger charge is 2.36. The number of allylic oxidation sites excluding steroid dienone is 2. The van der Waals surface area contributed by atoms with Gasteiger partial charge >= 0.3 is 5.97 Å². The van der Waals surface area contributed by atoms with E-state index in [2.05, 4.69) is 5.32 Å². The number of carbonyl (C=O) groups excluding carboxylic acids is 2. The van der Waals surface area contributed by atoms with Crippen LogP contribution in [0, 0.1) is 11.3 Å². The van der Waals surface area contributed by atoms with Crippen molar-refractivity contribution in [1.29, 1.82) is 5.26 Å². The molecule has 1 unspecified atom stereocenters. The summed E-state index contributed by atoms with van der Waals surface area (Å²) in [5.74, 6) is -1.28. The number of ether oxygens (including phenoxy) is 3. The van der Waals surface area contributed by atoms with Crippen LogP contribution in [-0.2, 0) is 19.1 Å². The van der Waals surface area contributed by atoms with Gasteiger partial charge in [-0.1, -0.05) is 35.9 Å². The van der Waals surface area contributed by atoms with E-state index in [1.807, 2.05) is 6.07 Å². The van der Waals surface area contributed by atoms with Crippen LogP contribution >= 0.6 is 11.6 Å². The van der Waals surface area contributed by atoms with Crippen molar-refractivity contribution in [2.24, 2.45) is 5.73 Å². The van der Waals surface area contributed by atoms with Crippen LogP contribution in [0.3, 0.4) is 0 Å². The molecule has 9 heteroatoms. The highest BCUT2D eigenvalue weighted by atomic mass is 35.5. The molecule has 8 nitrogen and oxygen atoms in total. The van der Waals surface area contributed by atoms with E-state index < -0.39 is 17.8 Å². The maximum absolute atomic E-state index is 12.6. The number of nitrogens with two attached hydrogens (primary N) is 1. The minimum Gasteiger partial charge on any atom is -0.484 e. The first-order valence-electron chi connectivity index (χ1n) is 10.1. The summed E-state index contributed by atoms with van der Waals surface area (Å²) in [6.45, 7) is 3.15. The molecule has 0 aromatic heterocycles. The van der Waals surface area contributed by atoms with E-state index in [1.165, 1.54) is 0 Å². The van der Waals surface area contributed by atoms with Gasteiger partial charge in [0.15, 0.2) is 6.61 Å².